The number of benzene rings is 1. The van der Waals surface area contributed by atoms with Crippen molar-refractivity contribution in [3.63, 3.8) is 0 Å². The number of halogens is 1. The van der Waals surface area contributed by atoms with Crippen molar-refractivity contribution < 1.29 is 14.2 Å². The summed E-state index contributed by atoms with van der Waals surface area (Å²) < 4.78 is 18.7. The fraction of sp³-hybridized carbons (Fsp3) is 0.455. The third kappa shape index (κ3) is 1.18. The Hall–Kier alpha value is -1.13. The van der Waals surface area contributed by atoms with Crippen molar-refractivity contribution in [1.82, 2.24) is 5.32 Å². The summed E-state index contributed by atoms with van der Waals surface area (Å²) in [5, 5.41) is 13.3. The highest BCUT2D eigenvalue weighted by molar-refractivity contribution is 5.42. The van der Waals surface area contributed by atoms with Gasteiger partial charge in [0.25, 0.3) is 0 Å². The number of hydrogen-bond acceptors (Lipinski definition) is 3. The predicted molar refractivity (Wildman–Crippen MR) is 52.2 cm³/mol. The number of rotatable bonds is 0. The third-order valence-corrected chi connectivity index (χ3v) is 3.23. The topological polar surface area (TPSA) is 41.5 Å². The van der Waals surface area contributed by atoms with Crippen LogP contribution in [-0.2, 0) is 0 Å². The molecule has 2 aliphatic heterocycles. The van der Waals surface area contributed by atoms with Gasteiger partial charge in [-0.15, -0.1) is 0 Å². The molecule has 0 saturated carbocycles. The molecule has 1 aromatic rings. The molecule has 0 amide bonds. The number of fused-ring (bicyclic) bond motifs is 1. The van der Waals surface area contributed by atoms with Crippen LogP contribution < -0.4 is 10.1 Å². The minimum absolute atomic E-state index is 0.330. The van der Waals surface area contributed by atoms with E-state index in [1.807, 2.05) is 0 Å². The van der Waals surface area contributed by atoms with Crippen LogP contribution >= 0.6 is 0 Å². The van der Waals surface area contributed by atoms with Gasteiger partial charge in [0.15, 0.2) is 5.60 Å². The van der Waals surface area contributed by atoms with E-state index in [1.165, 1.54) is 12.1 Å². The summed E-state index contributed by atoms with van der Waals surface area (Å²) in [7, 11) is 0. The zero-order chi connectivity index (χ0) is 10.5. The molecule has 80 valence electrons. The zero-order valence-corrected chi connectivity index (χ0v) is 8.16. The van der Waals surface area contributed by atoms with Crippen LogP contribution in [0.3, 0.4) is 0 Å². The molecule has 3 rings (SSSR count). The van der Waals surface area contributed by atoms with Crippen molar-refractivity contribution in [1.29, 1.82) is 0 Å². The molecule has 2 unspecified atom stereocenters. The maximum absolute atomic E-state index is 13.0. The highest BCUT2D eigenvalue weighted by Gasteiger charge is 2.49. The molecule has 0 aliphatic carbocycles. The van der Waals surface area contributed by atoms with Gasteiger partial charge in [-0.25, -0.2) is 4.39 Å². The van der Waals surface area contributed by atoms with Crippen LogP contribution in [0.4, 0.5) is 4.39 Å². The molecule has 4 heteroatoms. The van der Waals surface area contributed by atoms with E-state index in [0.29, 0.717) is 17.9 Å². The van der Waals surface area contributed by atoms with Crippen molar-refractivity contribution in [2.24, 2.45) is 0 Å². The predicted octanol–water partition coefficient (Wildman–Crippen LogP) is 0.984. The second kappa shape index (κ2) is 2.93. The second-order valence-electron chi connectivity index (χ2n) is 4.18. The average Bonchev–Trinajstić information content (AvgIpc) is 2.76. The summed E-state index contributed by atoms with van der Waals surface area (Å²) in [5.74, 6) is 0.148. The molecule has 2 atom stereocenters. The van der Waals surface area contributed by atoms with Gasteiger partial charge in [-0.2, -0.15) is 0 Å². The van der Waals surface area contributed by atoms with Crippen LogP contribution in [0.25, 0.3) is 0 Å². The molecule has 1 fully saturated rings. The minimum Gasteiger partial charge on any atom is -0.482 e. The van der Waals surface area contributed by atoms with E-state index < -0.39 is 11.7 Å². The van der Waals surface area contributed by atoms with E-state index in [9.17, 15) is 9.50 Å². The van der Waals surface area contributed by atoms with Gasteiger partial charge in [-0.3, -0.25) is 0 Å². The summed E-state index contributed by atoms with van der Waals surface area (Å²) in [5.41, 5.74) is 0.121. The molecule has 0 radical (unpaired) electrons. The SMILES string of the molecule is OC1c2ccc(F)cc2OC12CCNC2. The van der Waals surface area contributed by atoms with Crippen LogP contribution in [0.1, 0.15) is 18.1 Å². The molecule has 1 aromatic carbocycles. The quantitative estimate of drug-likeness (QED) is 0.669. The van der Waals surface area contributed by atoms with Gasteiger partial charge < -0.3 is 15.2 Å². The fourth-order valence-corrected chi connectivity index (χ4v) is 2.39. The molecule has 0 bridgehead atoms. The number of aliphatic hydroxyl groups excluding tert-OH is 1. The Morgan fingerprint density at radius 1 is 1.53 bits per heavy atom. The lowest BCUT2D eigenvalue weighted by molar-refractivity contribution is -0.0126. The van der Waals surface area contributed by atoms with Gasteiger partial charge >= 0.3 is 0 Å². The van der Waals surface area contributed by atoms with E-state index in [-0.39, 0.29) is 5.82 Å². The van der Waals surface area contributed by atoms with Gasteiger partial charge in [0, 0.05) is 24.6 Å². The molecule has 3 nitrogen and oxygen atoms in total. The Morgan fingerprint density at radius 3 is 3.13 bits per heavy atom. The van der Waals surface area contributed by atoms with Gasteiger partial charge in [0.2, 0.25) is 0 Å². The number of hydrogen-bond donors (Lipinski definition) is 2. The lowest BCUT2D eigenvalue weighted by Crippen LogP contribution is -2.40. The van der Waals surface area contributed by atoms with Crippen molar-refractivity contribution in [3.8, 4) is 5.75 Å². The van der Waals surface area contributed by atoms with Crippen molar-refractivity contribution in [2.75, 3.05) is 13.1 Å². The number of ether oxygens (including phenoxy) is 1. The Morgan fingerprint density at radius 2 is 2.40 bits per heavy atom. The van der Waals surface area contributed by atoms with E-state index >= 15 is 0 Å². The number of nitrogens with one attached hydrogen (secondary N) is 1. The second-order valence-corrected chi connectivity index (χ2v) is 4.18. The molecule has 15 heavy (non-hydrogen) atoms. The van der Waals surface area contributed by atoms with E-state index in [2.05, 4.69) is 5.32 Å². The normalized spacial score (nSPS) is 33.1. The maximum atomic E-state index is 13.0. The first-order valence-corrected chi connectivity index (χ1v) is 5.09. The summed E-state index contributed by atoms with van der Waals surface area (Å²) in [6.45, 7) is 1.44. The van der Waals surface area contributed by atoms with E-state index in [0.717, 1.165) is 13.0 Å². The highest BCUT2D eigenvalue weighted by Crippen LogP contribution is 2.46. The summed E-state index contributed by atoms with van der Waals surface area (Å²) >= 11 is 0. The molecule has 0 aromatic heterocycles. The van der Waals surface area contributed by atoms with Crippen LogP contribution in [0.15, 0.2) is 18.2 Å². The Labute approximate surface area is 86.9 Å². The van der Waals surface area contributed by atoms with Crippen molar-refractivity contribution in [2.45, 2.75) is 18.1 Å². The van der Waals surface area contributed by atoms with Gasteiger partial charge in [-0.1, -0.05) is 0 Å². The average molecular weight is 209 g/mol. The molecule has 2 aliphatic rings. The summed E-state index contributed by atoms with van der Waals surface area (Å²) in [4.78, 5) is 0. The largest absolute Gasteiger partial charge is 0.482 e. The Kier molecular flexibility index (Phi) is 1.78. The lowest BCUT2D eigenvalue weighted by Gasteiger charge is -2.25. The lowest BCUT2D eigenvalue weighted by atomic mass is 9.93. The van der Waals surface area contributed by atoms with Gasteiger partial charge in [-0.05, 0) is 18.7 Å². The van der Waals surface area contributed by atoms with Crippen molar-refractivity contribution in [3.05, 3.63) is 29.6 Å². The van der Waals surface area contributed by atoms with Crippen LogP contribution in [-0.4, -0.2) is 23.8 Å². The molecule has 2 N–H and O–H groups in total. The smallest absolute Gasteiger partial charge is 0.152 e. The first kappa shape index (κ1) is 9.12. The minimum atomic E-state index is -0.650. The van der Waals surface area contributed by atoms with E-state index in [1.54, 1.807) is 6.07 Å². The molecule has 1 saturated heterocycles. The van der Waals surface area contributed by atoms with Gasteiger partial charge in [0.1, 0.15) is 17.7 Å². The fourth-order valence-electron chi connectivity index (χ4n) is 2.39. The number of aliphatic hydroxyl groups is 1. The standard InChI is InChI=1S/C11H12FNO2/c12-7-1-2-8-9(5-7)15-11(10(8)14)3-4-13-6-11/h1-2,5,10,13-14H,3-4,6H2. The molecular formula is C11H12FNO2. The highest BCUT2D eigenvalue weighted by atomic mass is 19.1. The van der Waals surface area contributed by atoms with Crippen LogP contribution in [0, 0.1) is 5.82 Å². The van der Waals surface area contributed by atoms with Gasteiger partial charge in [0.05, 0.1) is 0 Å². The Bertz CT molecular complexity index is 402. The first-order valence-electron chi connectivity index (χ1n) is 5.09. The monoisotopic (exact) mass is 209 g/mol. The maximum Gasteiger partial charge on any atom is 0.152 e. The molecule has 1 spiro atoms. The summed E-state index contributed by atoms with van der Waals surface area (Å²) in [6, 6.07) is 4.29. The zero-order valence-electron chi connectivity index (χ0n) is 8.16. The molecular weight excluding hydrogens is 197 g/mol. The molecule has 2 heterocycles. The van der Waals surface area contributed by atoms with Crippen LogP contribution in [0.2, 0.25) is 0 Å². The first-order chi connectivity index (χ1) is 7.21. The third-order valence-electron chi connectivity index (χ3n) is 3.23. The Balaban J connectivity index is 2.04. The van der Waals surface area contributed by atoms with Crippen molar-refractivity contribution >= 4 is 0 Å². The van der Waals surface area contributed by atoms with Crippen LogP contribution in [0.5, 0.6) is 5.75 Å². The van der Waals surface area contributed by atoms with E-state index in [4.69, 9.17) is 4.74 Å². The summed E-state index contributed by atoms with van der Waals surface area (Å²) in [6.07, 6.45) is 0.105.